The van der Waals surface area contributed by atoms with E-state index in [1.54, 1.807) is 25.1 Å². The molecule has 0 saturated carbocycles. The number of hydrogen-bond donors (Lipinski definition) is 1. The van der Waals surface area contributed by atoms with Crippen LogP contribution in [0.1, 0.15) is 19.8 Å². The number of thioether (sulfide) groups is 1. The fraction of sp³-hybridized carbons (Fsp3) is 0.538. The smallest absolute Gasteiger partial charge is 0.178 e. The molecule has 3 nitrogen and oxygen atoms in total. The first-order valence-electron chi connectivity index (χ1n) is 6.29. The summed E-state index contributed by atoms with van der Waals surface area (Å²) < 4.78 is 23.6. The molecule has 100 valence electrons. The summed E-state index contributed by atoms with van der Waals surface area (Å²) in [6, 6.07) is 7.62. The van der Waals surface area contributed by atoms with Crippen LogP contribution in [0.2, 0.25) is 0 Å². The zero-order chi connectivity index (χ0) is 13.0. The Labute approximate surface area is 113 Å². The number of anilines is 1. The lowest BCUT2D eigenvalue weighted by Crippen LogP contribution is -2.25. The predicted molar refractivity (Wildman–Crippen MR) is 78.1 cm³/mol. The van der Waals surface area contributed by atoms with Crippen LogP contribution in [0.5, 0.6) is 0 Å². The van der Waals surface area contributed by atoms with Gasteiger partial charge in [0.25, 0.3) is 0 Å². The normalized spacial score (nSPS) is 20.6. The minimum atomic E-state index is -3.11. The van der Waals surface area contributed by atoms with Crippen LogP contribution in [-0.4, -0.2) is 31.7 Å². The monoisotopic (exact) mass is 285 g/mol. The fourth-order valence-electron chi connectivity index (χ4n) is 2.04. The van der Waals surface area contributed by atoms with Gasteiger partial charge in [0.15, 0.2) is 9.84 Å². The van der Waals surface area contributed by atoms with Crippen molar-refractivity contribution >= 4 is 27.3 Å². The third kappa shape index (κ3) is 3.42. The van der Waals surface area contributed by atoms with E-state index < -0.39 is 9.84 Å². The summed E-state index contributed by atoms with van der Waals surface area (Å²) in [5.41, 5.74) is 0.914. The lowest BCUT2D eigenvalue weighted by Gasteiger charge is -2.23. The quantitative estimate of drug-likeness (QED) is 0.924. The number of benzene rings is 1. The van der Waals surface area contributed by atoms with Crippen molar-refractivity contribution in [2.24, 2.45) is 0 Å². The van der Waals surface area contributed by atoms with Gasteiger partial charge in [0.05, 0.1) is 10.6 Å². The lowest BCUT2D eigenvalue weighted by atomic mass is 10.2. The van der Waals surface area contributed by atoms with E-state index in [0.29, 0.717) is 10.9 Å². The van der Waals surface area contributed by atoms with Crippen LogP contribution in [-0.2, 0) is 9.84 Å². The zero-order valence-electron chi connectivity index (χ0n) is 10.6. The molecule has 0 amide bonds. The van der Waals surface area contributed by atoms with Gasteiger partial charge in [-0.1, -0.05) is 13.0 Å². The van der Waals surface area contributed by atoms with Crippen molar-refractivity contribution < 1.29 is 8.42 Å². The topological polar surface area (TPSA) is 46.2 Å². The molecular formula is C13H19NO2S2. The zero-order valence-corrected chi connectivity index (χ0v) is 12.2. The van der Waals surface area contributed by atoms with Crippen molar-refractivity contribution in [2.75, 3.05) is 22.6 Å². The number of rotatable bonds is 4. The number of hydrogen-bond acceptors (Lipinski definition) is 4. The largest absolute Gasteiger partial charge is 0.381 e. The lowest BCUT2D eigenvalue weighted by molar-refractivity contribution is 0.597. The molecule has 1 heterocycles. The molecule has 1 fully saturated rings. The maximum atomic E-state index is 11.8. The fourth-order valence-corrected chi connectivity index (χ4v) is 4.03. The van der Waals surface area contributed by atoms with Crippen LogP contribution in [0.4, 0.5) is 5.69 Å². The average molecular weight is 285 g/mol. The molecule has 0 unspecified atom stereocenters. The highest BCUT2D eigenvalue weighted by atomic mass is 32.2. The Morgan fingerprint density at radius 2 is 2.28 bits per heavy atom. The standard InChI is InChI=1S/C13H19NO2S2/c1-2-18(15,16)13-7-3-5-11(9-13)14-12-6-4-8-17-10-12/h3,5,7,9,12,14H,2,4,6,8,10H2,1H3/t12-/m0/s1. The third-order valence-electron chi connectivity index (χ3n) is 3.10. The van der Waals surface area contributed by atoms with Crippen LogP contribution >= 0.6 is 11.8 Å². The van der Waals surface area contributed by atoms with E-state index in [0.717, 1.165) is 17.9 Å². The van der Waals surface area contributed by atoms with E-state index in [1.165, 1.54) is 12.2 Å². The first-order chi connectivity index (χ1) is 8.62. The minimum absolute atomic E-state index is 0.149. The van der Waals surface area contributed by atoms with E-state index in [1.807, 2.05) is 17.8 Å². The average Bonchev–Trinajstić information content (AvgIpc) is 2.40. The molecule has 1 aromatic carbocycles. The van der Waals surface area contributed by atoms with Gasteiger partial charge in [-0.05, 0) is 36.8 Å². The van der Waals surface area contributed by atoms with Gasteiger partial charge < -0.3 is 5.32 Å². The highest BCUT2D eigenvalue weighted by Crippen LogP contribution is 2.22. The Morgan fingerprint density at radius 3 is 2.94 bits per heavy atom. The van der Waals surface area contributed by atoms with Crippen molar-refractivity contribution in [1.29, 1.82) is 0 Å². The van der Waals surface area contributed by atoms with Gasteiger partial charge in [-0.25, -0.2) is 8.42 Å². The first kappa shape index (κ1) is 13.7. The second-order valence-electron chi connectivity index (χ2n) is 4.49. The number of nitrogens with one attached hydrogen (secondary N) is 1. The van der Waals surface area contributed by atoms with Crippen molar-refractivity contribution in [3.63, 3.8) is 0 Å². The van der Waals surface area contributed by atoms with Gasteiger partial charge in [-0.2, -0.15) is 11.8 Å². The summed E-state index contributed by atoms with van der Waals surface area (Å²) in [4.78, 5) is 0.415. The molecular weight excluding hydrogens is 266 g/mol. The molecule has 1 aromatic rings. The molecule has 1 saturated heterocycles. The maximum absolute atomic E-state index is 11.8. The molecule has 0 aromatic heterocycles. The van der Waals surface area contributed by atoms with Gasteiger partial charge in [-0.3, -0.25) is 0 Å². The summed E-state index contributed by atoms with van der Waals surface area (Å²) in [5.74, 6) is 2.49. The molecule has 1 N–H and O–H groups in total. The molecule has 1 atom stereocenters. The summed E-state index contributed by atoms with van der Waals surface area (Å²) >= 11 is 1.96. The Hall–Kier alpha value is -0.680. The van der Waals surface area contributed by atoms with Crippen LogP contribution in [0.3, 0.4) is 0 Å². The predicted octanol–water partition coefficient (Wildman–Crippen LogP) is 2.79. The van der Waals surface area contributed by atoms with Gasteiger partial charge in [-0.15, -0.1) is 0 Å². The molecule has 5 heteroatoms. The van der Waals surface area contributed by atoms with Crippen molar-refractivity contribution in [1.82, 2.24) is 0 Å². The Kier molecular flexibility index (Phi) is 4.56. The van der Waals surface area contributed by atoms with E-state index in [9.17, 15) is 8.42 Å². The number of sulfone groups is 1. The third-order valence-corrected chi connectivity index (χ3v) is 6.05. The van der Waals surface area contributed by atoms with Crippen molar-refractivity contribution in [3.05, 3.63) is 24.3 Å². The molecule has 1 aliphatic heterocycles. The Morgan fingerprint density at radius 1 is 1.44 bits per heavy atom. The molecule has 1 aliphatic rings. The van der Waals surface area contributed by atoms with E-state index in [2.05, 4.69) is 5.32 Å². The van der Waals surface area contributed by atoms with E-state index >= 15 is 0 Å². The van der Waals surface area contributed by atoms with Crippen molar-refractivity contribution in [2.45, 2.75) is 30.7 Å². The van der Waals surface area contributed by atoms with E-state index in [4.69, 9.17) is 0 Å². The molecule has 0 spiro atoms. The highest BCUT2D eigenvalue weighted by molar-refractivity contribution is 7.99. The molecule has 0 aliphatic carbocycles. The Bertz CT molecular complexity index is 493. The molecule has 18 heavy (non-hydrogen) atoms. The van der Waals surface area contributed by atoms with E-state index in [-0.39, 0.29) is 5.75 Å². The van der Waals surface area contributed by atoms with Gasteiger partial charge >= 0.3 is 0 Å². The highest BCUT2D eigenvalue weighted by Gasteiger charge is 2.15. The first-order valence-corrected chi connectivity index (χ1v) is 9.09. The molecule has 0 radical (unpaired) electrons. The van der Waals surface area contributed by atoms with Crippen molar-refractivity contribution in [3.8, 4) is 0 Å². The molecule has 2 rings (SSSR count). The Balaban J connectivity index is 2.12. The summed E-state index contributed by atoms with van der Waals surface area (Å²) in [5, 5.41) is 3.43. The second-order valence-corrected chi connectivity index (χ2v) is 7.92. The molecule has 0 bridgehead atoms. The van der Waals surface area contributed by atoms with Gasteiger partial charge in [0, 0.05) is 17.5 Å². The van der Waals surface area contributed by atoms with Crippen LogP contribution in [0.25, 0.3) is 0 Å². The maximum Gasteiger partial charge on any atom is 0.178 e. The van der Waals surface area contributed by atoms with Gasteiger partial charge in [0.2, 0.25) is 0 Å². The summed E-state index contributed by atoms with van der Waals surface area (Å²) in [7, 11) is -3.11. The SMILES string of the molecule is CCS(=O)(=O)c1cccc(N[C@H]2CCCSC2)c1. The minimum Gasteiger partial charge on any atom is -0.381 e. The second kappa shape index (κ2) is 5.97. The van der Waals surface area contributed by atoms with Crippen LogP contribution < -0.4 is 5.32 Å². The van der Waals surface area contributed by atoms with Crippen LogP contribution in [0, 0.1) is 0 Å². The summed E-state index contributed by atoms with van der Waals surface area (Å²) in [6.07, 6.45) is 2.40. The van der Waals surface area contributed by atoms with Gasteiger partial charge in [0.1, 0.15) is 0 Å². The van der Waals surface area contributed by atoms with Crippen LogP contribution in [0.15, 0.2) is 29.2 Å². The summed E-state index contributed by atoms with van der Waals surface area (Å²) in [6.45, 7) is 1.67.